The number of aryl methyl sites for hydroxylation is 1. The van der Waals surface area contributed by atoms with E-state index < -0.39 is 0 Å². The molecule has 1 saturated carbocycles. The zero-order chi connectivity index (χ0) is 13.0. The summed E-state index contributed by atoms with van der Waals surface area (Å²) in [6, 6.07) is 8.80. The van der Waals surface area contributed by atoms with Gasteiger partial charge >= 0.3 is 0 Å². The second-order valence-electron chi connectivity index (χ2n) is 6.08. The zero-order valence-electron chi connectivity index (χ0n) is 11.8. The number of benzene rings is 1. The highest BCUT2D eigenvalue weighted by Gasteiger charge is 2.28. The minimum Gasteiger partial charge on any atom is -0.324 e. The first-order chi connectivity index (χ1) is 8.57. The summed E-state index contributed by atoms with van der Waals surface area (Å²) in [4.78, 5) is 2.37. The first-order valence-electron chi connectivity index (χ1n) is 7.10. The molecule has 0 radical (unpaired) electrons. The standard InChI is InChI=1S/C16H26N2/c1-14-6-8-15(9-7-14)12-18(2)13-16(17)10-4-3-5-11-16/h6-9H,3-5,10-13,17H2,1-2H3. The number of hydrogen-bond donors (Lipinski definition) is 1. The summed E-state index contributed by atoms with van der Waals surface area (Å²) in [5.74, 6) is 0. The molecule has 0 atom stereocenters. The van der Waals surface area contributed by atoms with Crippen molar-refractivity contribution in [3.8, 4) is 0 Å². The maximum absolute atomic E-state index is 6.50. The molecule has 0 amide bonds. The Kier molecular flexibility index (Phi) is 4.41. The Balaban J connectivity index is 1.87. The van der Waals surface area contributed by atoms with Gasteiger partial charge in [0.2, 0.25) is 0 Å². The Morgan fingerprint density at radius 3 is 2.33 bits per heavy atom. The number of hydrogen-bond acceptors (Lipinski definition) is 2. The average molecular weight is 246 g/mol. The van der Waals surface area contributed by atoms with Gasteiger partial charge in [0.15, 0.2) is 0 Å². The van der Waals surface area contributed by atoms with Crippen molar-refractivity contribution in [2.24, 2.45) is 5.73 Å². The van der Waals surface area contributed by atoms with Gasteiger partial charge in [0.1, 0.15) is 0 Å². The molecule has 2 heteroatoms. The Labute approximate surface area is 111 Å². The van der Waals surface area contributed by atoms with Gasteiger partial charge in [0.25, 0.3) is 0 Å². The van der Waals surface area contributed by atoms with E-state index in [1.807, 2.05) is 0 Å². The summed E-state index contributed by atoms with van der Waals surface area (Å²) in [6.07, 6.45) is 6.33. The molecule has 0 unspecified atom stereocenters. The minimum absolute atomic E-state index is 0.0533. The molecule has 0 bridgehead atoms. The summed E-state index contributed by atoms with van der Waals surface area (Å²) in [6.45, 7) is 4.14. The van der Waals surface area contributed by atoms with Gasteiger partial charge in [-0.2, -0.15) is 0 Å². The lowest BCUT2D eigenvalue weighted by Crippen LogP contribution is -2.50. The topological polar surface area (TPSA) is 29.3 Å². The van der Waals surface area contributed by atoms with Crippen LogP contribution in [0.5, 0.6) is 0 Å². The van der Waals surface area contributed by atoms with Gasteiger partial charge in [0, 0.05) is 18.6 Å². The molecule has 0 aromatic heterocycles. The first-order valence-corrected chi connectivity index (χ1v) is 7.10. The average Bonchev–Trinajstić information content (AvgIpc) is 2.32. The third kappa shape index (κ3) is 3.82. The van der Waals surface area contributed by atoms with Gasteiger partial charge < -0.3 is 10.6 Å². The summed E-state index contributed by atoms with van der Waals surface area (Å²) < 4.78 is 0. The van der Waals surface area contributed by atoms with Crippen LogP contribution in [0.2, 0.25) is 0 Å². The van der Waals surface area contributed by atoms with Gasteiger partial charge in [-0.15, -0.1) is 0 Å². The number of likely N-dealkylation sites (N-methyl/N-ethyl adjacent to an activating group) is 1. The van der Waals surface area contributed by atoms with Gasteiger partial charge in [0.05, 0.1) is 0 Å². The van der Waals surface area contributed by atoms with E-state index >= 15 is 0 Å². The summed E-state index contributed by atoms with van der Waals surface area (Å²) >= 11 is 0. The zero-order valence-corrected chi connectivity index (χ0v) is 11.8. The summed E-state index contributed by atoms with van der Waals surface area (Å²) in [7, 11) is 2.18. The molecule has 0 spiro atoms. The van der Waals surface area contributed by atoms with Crippen molar-refractivity contribution >= 4 is 0 Å². The molecular formula is C16H26N2. The van der Waals surface area contributed by atoms with Crippen LogP contribution < -0.4 is 5.73 Å². The molecule has 1 aromatic rings. The van der Waals surface area contributed by atoms with Crippen LogP contribution in [0.4, 0.5) is 0 Å². The molecule has 2 N–H and O–H groups in total. The van der Waals surface area contributed by atoms with E-state index in [9.17, 15) is 0 Å². The van der Waals surface area contributed by atoms with Crippen molar-refractivity contribution in [2.75, 3.05) is 13.6 Å². The smallest absolute Gasteiger partial charge is 0.0283 e. The predicted octanol–water partition coefficient (Wildman–Crippen LogP) is 3.09. The normalized spacial score (nSPS) is 19.1. The van der Waals surface area contributed by atoms with Gasteiger partial charge in [-0.25, -0.2) is 0 Å². The molecule has 18 heavy (non-hydrogen) atoms. The van der Waals surface area contributed by atoms with Crippen LogP contribution in [0.1, 0.15) is 43.2 Å². The molecule has 1 aliphatic carbocycles. The Morgan fingerprint density at radius 1 is 1.11 bits per heavy atom. The van der Waals surface area contributed by atoms with E-state index in [-0.39, 0.29) is 5.54 Å². The van der Waals surface area contributed by atoms with Crippen molar-refractivity contribution in [2.45, 2.75) is 51.1 Å². The molecule has 1 aromatic carbocycles. The van der Waals surface area contributed by atoms with Crippen LogP contribution in [0.25, 0.3) is 0 Å². The lowest BCUT2D eigenvalue weighted by molar-refractivity contribution is 0.193. The molecule has 0 saturated heterocycles. The van der Waals surface area contributed by atoms with Crippen molar-refractivity contribution in [1.29, 1.82) is 0 Å². The van der Waals surface area contributed by atoms with Crippen LogP contribution >= 0.6 is 0 Å². The fraction of sp³-hybridized carbons (Fsp3) is 0.625. The number of nitrogens with zero attached hydrogens (tertiary/aromatic N) is 1. The SMILES string of the molecule is Cc1ccc(CN(C)CC2(N)CCCCC2)cc1. The van der Waals surface area contributed by atoms with Gasteiger partial charge in [-0.05, 0) is 32.4 Å². The first kappa shape index (κ1) is 13.6. The van der Waals surface area contributed by atoms with E-state index in [0.29, 0.717) is 0 Å². The van der Waals surface area contributed by atoms with Crippen LogP contribution in [0.3, 0.4) is 0 Å². The molecule has 1 fully saturated rings. The third-order valence-electron chi connectivity index (χ3n) is 4.01. The number of nitrogens with two attached hydrogens (primary N) is 1. The summed E-state index contributed by atoms with van der Waals surface area (Å²) in [5.41, 5.74) is 9.25. The minimum atomic E-state index is 0.0533. The lowest BCUT2D eigenvalue weighted by atomic mass is 9.82. The second kappa shape index (κ2) is 5.85. The van der Waals surface area contributed by atoms with E-state index in [2.05, 4.69) is 43.1 Å². The van der Waals surface area contributed by atoms with Gasteiger partial charge in [-0.3, -0.25) is 0 Å². The molecule has 0 aliphatic heterocycles. The predicted molar refractivity (Wildman–Crippen MR) is 77.5 cm³/mol. The molecule has 0 heterocycles. The third-order valence-corrected chi connectivity index (χ3v) is 4.01. The van der Waals surface area contributed by atoms with Crippen LogP contribution in [0, 0.1) is 6.92 Å². The van der Waals surface area contributed by atoms with Crippen molar-refractivity contribution in [3.05, 3.63) is 35.4 Å². The van der Waals surface area contributed by atoms with Crippen molar-refractivity contribution in [1.82, 2.24) is 4.90 Å². The van der Waals surface area contributed by atoms with Crippen LogP contribution in [0.15, 0.2) is 24.3 Å². The van der Waals surface area contributed by atoms with Crippen molar-refractivity contribution < 1.29 is 0 Å². The monoisotopic (exact) mass is 246 g/mol. The van der Waals surface area contributed by atoms with Crippen LogP contribution in [-0.2, 0) is 6.54 Å². The molecule has 1 aliphatic rings. The van der Waals surface area contributed by atoms with Gasteiger partial charge in [-0.1, -0.05) is 49.1 Å². The Bertz CT molecular complexity index is 363. The highest BCUT2D eigenvalue weighted by molar-refractivity contribution is 5.21. The van der Waals surface area contributed by atoms with E-state index in [1.54, 1.807) is 0 Å². The highest BCUT2D eigenvalue weighted by atomic mass is 15.1. The molecule has 100 valence electrons. The van der Waals surface area contributed by atoms with Crippen LogP contribution in [-0.4, -0.2) is 24.0 Å². The van der Waals surface area contributed by atoms with E-state index in [1.165, 1.54) is 43.2 Å². The largest absolute Gasteiger partial charge is 0.324 e. The van der Waals surface area contributed by atoms with E-state index in [4.69, 9.17) is 5.73 Å². The highest BCUT2D eigenvalue weighted by Crippen LogP contribution is 2.26. The molecular weight excluding hydrogens is 220 g/mol. The fourth-order valence-electron chi connectivity index (χ4n) is 3.01. The maximum Gasteiger partial charge on any atom is 0.0283 e. The van der Waals surface area contributed by atoms with E-state index in [0.717, 1.165) is 13.1 Å². The fourth-order valence-corrected chi connectivity index (χ4v) is 3.01. The second-order valence-corrected chi connectivity index (χ2v) is 6.08. The molecule has 2 nitrogen and oxygen atoms in total. The maximum atomic E-state index is 6.50. The Morgan fingerprint density at radius 2 is 1.72 bits per heavy atom. The number of rotatable bonds is 4. The lowest BCUT2D eigenvalue weighted by Gasteiger charge is -2.36. The quantitative estimate of drug-likeness (QED) is 0.884. The Hall–Kier alpha value is -0.860. The summed E-state index contributed by atoms with van der Waals surface area (Å²) in [5, 5.41) is 0. The molecule has 2 rings (SSSR count). The van der Waals surface area contributed by atoms with Crippen molar-refractivity contribution in [3.63, 3.8) is 0 Å².